The first-order valence-corrected chi connectivity index (χ1v) is 7.30. The van der Waals surface area contributed by atoms with Crippen molar-refractivity contribution in [1.82, 2.24) is 4.90 Å². The van der Waals surface area contributed by atoms with Crippen LogP contribution < -0.4 is 0 Å². The number of rotatable bonds is 2. The summed E-state index contributed by atoms with van der Waals surface area (Å²) in [6.07, 6.45) is 8.48. The van der Waals surface area contributed by atoms with Crippen LogP contribution in [0.2, 0.25) is 0 Å². The van der Waals surface area contributed by atoms with E-state index in [2.05, 4.69) is 12.2 Å². The second-order valence-electron chi connectivity index (χ2n) is 6.29. The van der Waals surface area contributed by atoms with Crippen LogP contribution in [-0.4, -0.2) is 35.1 Å². The van der Waals surface area contributed by atoms with Crippen LogP contribution in [0.3, 0.4) is 0 Å². The number of nitrogens with zero attached hydrogens (tertiary/aromatic N) is 1. The van der Waals surface area contributed by atoms with Crippen molar-refractivity contribution < 1.29 is 9.90 Å². The largest absolute Gasteiger partial charge is 0.393 e. The minimum Gasteiger partial charge on any atom is -0.393 e. The van der Waals surface area contributed by atoms with Gasteiger partial charge in [0.05, 0.1) is 6.10 Å². The lowest BCUT2D eigenvalue weighted by Gasteiger charge is -2.35. The van der Waals surface area contributed by atoms with Crippen LogP contribution in [0.15, 0.2) is 12.2 Å². The lowest BCUT2D eigenvalue weighted by Crippen LogP contribution is -2.44. The molecule has 1 saturated heterocycles. The van der Waals surface area contributed by atoms with E-state index in [1.54, 1.807) is 0 Å². The van der Waals surface area contributed by atoms with Crippen molar-refractivity contribution in [2.75, 3.05) is 13.1 Å². The van der Waals surface area contributed by atoms with Crippen LogP contribution >= 0.6 is 0 Å². The van der Waals surface area contributed by atoms with E-state index in [1.807, 2.05) is 11.8 Å². The van der Waals surface area contributed by atoms with Gasteiger partial charge in [-0.15, -0.1) is 0 Å². The van der Waals surface area contributed by atoms with E-state index in [4.69, 9.17) is 0 Å². The molecule has 3 nitrogen and oxygen atoms in total. The summed E-state index contributed by atoms with van der Waals surface area (Å²) in [6.45, 7) is 3.54. The second-order valence-corrected chi connectivity index (χ2v) is 6.29. The summed E-state index contributed by atoms with van der Waals surface area (Å²) in [5.74, 6) is 2.18. The average molecular weight is 249 g/mol. The van der Waals surface area contributed by atoms with Crippen molar-refractivity contribution in [3.63, 3.8) is 0 Å². The zero-order valence-corrected chi connectivity index (χ0v) is 11.1. The number of carbonyl (C=O) groups is 1. The summed E-state index contributed by atoms with van der Waals surface area (Å²) in [5, 5.41) is 9.59. The number of fused-ring (bicyclic) bond motifs is 2. The second kappa shape index (κ2) is 4.69. The van der Waals surface area contributed by atoms with Crippen molar-refractivity contribution in [1.29, 1.82) is 0 Å². The first kappa shape index (κ1) is 12.2. The highest BCUT2D eigenvalue weighted by molar-refractivity contribution is 5.80. The monoisotopic (exact) mass is 249 g/mol. The third kappa shape index (κ3) is 2.09. The first-order valence-electron chi connectivity index (χ1n) is 7.30. The van der Waals surface area contributed by atoms with Crippen molar-refractivity contribution >= 4 is 5.91 Å². The van der Waals surface area contributed by atoms with Gasteiger partial charge in [0.25, 0.3) is 0 Å². The Morgan fingerprint density at radius 1 is 1.28 bits per heavy atom. The molecule has 3 rings (SSSR count). The highest BCUT2D eigenvalue weighted by atomic mass is 16.3. The summed E-state index contributed by atoms with van der Waals surface area (Å²) < 4.78 is 0. The minimum atomic E-state index is -0.229. The number of piperidine rings is 1. The Kier molecular flexibility index (Phi) is 3.18. The number of amides is 1. The molecule has 2 fully saturated rings. The fourth-order valence-corrected chi connectivity index (χ4v) is 3.90. The van der Waals surface area contributed by atoms with Gasteiger partial charge < -0.3 is 10.0 Å². The number of carbonyl (C=O) groups excluding carboxylic acids is 1. The normalized spacial score (nSPS) is 37.2. The molecule has 2 bridgehead atoms. The molecule has 1 heterocycles. The highest BCUT2D eigenvalue weighted by Gasteiger charge is 2.42. The number of hydrogen-bond acceptors (Lipinski definition) is 2. The molecule has 0 aromatic carbocycles. The molecule has 1 amide bonds. The number of hydrogen-bond donors (Lipinski definition) is 1. The molecule has 100 valence electrons. The molecule has 0 spiro atoms. The predicted molar refractivity (Wildman–Crippen MR) is 69.8 cm³/mol. The zero-order valence-electron chi connectivity index (χ0n) is 11.1. The van der Waals surface area contributed by atoms with Gasteiger partial charge in [0.2, 0.25) is 5.91 Å². The average Bonchev–Trinajstić information content (AvgIpc) is 3.00. The number of likely N-dealkylation sites (tertiary alicyclic amines) is 1. The fourth-order valence-electron chi connectivity index (χ4n) is 3.90. The van der Waals surface area contributed by atoms with Crippen molar-refractivity contribution in [2.45, 2.75) is 38.7 Å². The third-order valence-corrected chi connectivity index (χ3v) is 5.13. The van der Waals surface area contributed by atoms with Gasteiger partial charge in [-0.05, 0) is 50.4 Å². The van der Waals surface area contributed by atoms with Crippen LogP contribution in [0.4, 0.5) is 0 Å². The third-order valence-electron chi connectivity index (χ3n) is 5.13. The standard InChI is InChI=1S/C15H23NO2/c1-10(17)12-4-6-16(7-5-12)15(18)14-9-11-2-3-13(14)8-11/h2-3,10-14,17H,4-9H2,1H3. The summed E-state index contributed by atoms with van der Waals surface area (Å²) in [5.41, 5.74) is 0. The van der Waals surface area contributed by atoms with Gasteiger partial charge in [-0.2, -0.15) is 0 Å². The molecule has 0 aromatic rings. The van der Waals surface area contributed by atoms with Crippen molar-refractivity contribution in [2.24, 2.45) is 23.7 Å². The van der Waals surface area contributed by atoms with E-state index >= 15 is 0 Å². The maximum Gasteiger partial charge on any atom is 0.226 e. The van der Waals surface area contributed by atoms with Gasteiger partial charge in [0.15, 0.2) is 0 Å². The lowest BCUT2D eigenvalue weighted by atomic mass is 9.88. The molecule has 1 saturated carbocycles. The maximum absolute atomic E-state index is 12.5. The molecule has 3 heteroatoms. The lowest BCUT2D eigenvalue weighted by molar-refractivity contribution is -0.138. The van der Waals surface area contributed by atoms with Gasteiger partial charge in [-0.1, -0.05) is 12.2 Å². The van der Waals surface area contributed by atoms with E-state index < -0.39 is 0 Å². The summed E-state index contributed by atoms with van der Waals surface area (Å²) in [7, 11) is 0. The summed E-state index contributed by atoms with van der Waals surface area (Å²) in [4.78, 5) is 14.5. The van der Waals surface area contributed by atoms with E-state index in [0.717, 1.165) is 32.4 Å². The Morgan fingerprint density at radius 3 is 2.50 bits per heavy atom. The van der Waals surface area contributed by atoms with E-state index in [1.165, 1.54) is 6.42 Å². The van der Waals surface area contributed by atoms with Gasteiger partial charge in [0, 0.05) is 19.0 Å². The molecular weight excluding hydrogens is 226 g/mol. The number of aliphatic hydroxyl groups is 1. The molecule has 1 N–H and O–H groups in total. The van der Waals surface area contributed by atoms with E-state index in [9.17, 15) is 9.90 Å². The molecule has 1 aliphatic heterocycles. The Balaban J connectivity index is 1.57. The summed E-state index contributed by atoms with van der Waals surface area (Å²) in [6, 6.07) is 0. The Bertz CT molecular complexity index is 356. The van der Waals surface area contributed by atoms with Crippen molar-refractivity contribution in [3.8, 4) is 0 Å². The smallest absolute Gasteiger partial charge is 0.226 e. The fraction of sp³-hybridized carbons (Fsp3) is 0.800. The highest BCUT2D eigenvalue weighted by Crippen LogP contribution is 2.44. The molecule has 18 heavy (non-hydrogen) atoms. The van der Waals surface area contributed by atoms with Gasteiger partial charge in [-0.3, -0.25) is 4.79 Å². The van der Waals surface area contributed by atoms with Crippen LogP contribution in [0.5, 0.6) is 0 Å². The molecule has 4 unspecified atom stereocenters. The predicted octanol–water partition coefficient (Wildman–Crippen LogP) is 1.82. The van der Waals surface area contributed by atoms with Gasteiger partial charge in [-0.25, -0.2) is 0 Å². The molecule has 0 aromatic heterocycles. The van der Waals surface area contributed by atoms with E-state index in [0.29, 0.717) is 23.7 Å². The van der Waals surface area contributed by atoms with Gasteiger partial charge >= 0.3 is 0 Å². The summed E-state index contributed by atoms with van der Waals surface area (Å²) >= 11 is 0. The SMILES string of the molecule is CC(O)C1CCN(C(=O)C2CC3C=CC2C3)CC1. The quantitative estimate of drug-likeness (QED) is 0.758. The van der Waals surface area contributed by atoms with Crippen LogP contribution in [-0.2, 0) is 4.79 Å². The van der Waals surface area contributed by atoms with Crippen LogP contribution in [0.1, 0.15) is 32.6 Å². The molecular formula is C15H23NO2. The molecule has 2 aliphatic carbocycles. The Morgan fingerprint density at radius 2 is 2.00 bits per heavy atom. The first-order chi connectivity index (χ1) is 8.65. The van der Waals surface area contributed by atoms with Crippen molar-refractivity contribution in [3.05, 3.63) is 12.2 Å². The molecule has 4 atom stereocenters. The molecule has 0 radical (unpaired) electrons. The molecule has 3 aliphatic rings. The Labute approximate surface area is 109 Å². The van der Waals surface area contributed by atoms with Crippen LogP contribution in [0.25, 0.3) is 0 Å². The minimum absolute atomic E-state index is 0.229. The maximum atomic E-state index is 12.5. The number of allylic oxidation sites excluding steroid dienone is 2. The zero-order chi connectivity index (χ0) is 12.7. The van der Waals surface area contributed by atoms with E-state index in [-0.39, 0.29) is 12.0 Å². The topological polar surface area (TPSA) is 40.5 Å². The van der Waals surface area contributed by atoms with Crippen LogP contribution in [0, 0.1) is 23.7 Å². The van der Waals surface area contributed by atoms with Gasteiger partial charge in [0.1, 0.15) is 0 Å². The Hall–Kier alpha value is -0.830. The number of aliphatic hydroxyl groups excluding tert-OH is 1.